The first kappa shape index (κ1) is 35.2. The van der Waals surface area contributed by atoms with Crippen molar-refractivity contribution in [3.63, 3.8) is 0 Å². The van der Waals surface area contributed by atoms with Crippen LogP contribution in [0.5, 0.6) is 11.5 Å². The molecule has 0 amide bonds. The zero-order chi connectivity index (χ0) is 32.4. The van der Waals surface area contributed by atoms with E-state index in [1.54, 1.807) is 0 Å². The van der Waals surface area contributed by atoms with Gasteiger partial charge in [-0.15, -0.1) is 0 Å². The minimum Gasteiger partial charge on any atom is -0.507 e. The van der Waals surface area contributed by atoms with Crippen molar-refractivity contribution >= 4 is 11.9 Å². The number of benzene rings is 2. The number of aryl methyl sites for hydroxylation is 2. The van der Waals surface area contributed by atoms with Gasteiger partial charge >= 0.3 is 11.9 Å². The zero-order valence-corrected chi connectivity index (χ0v) is 28.2. The molecule has 42 heavy (non-hydrogen) atoms. The first-order valence-corrected chi connectivity index (χ1v) is 15.0. The van der Waals surface area contributed by atoms with Crippen LogP contribution in [0.15, 0.2) is 24.3 Å². The van der Waals surface area contributed by atoms with Gasteiger partial charge in [-0.25, -0.2) is 0 Å². The number of hydrogen-bond donors (Lipinski definition) is 2. The van der Waals surface area contributed by atoms with E-state index in [9.17, 15) is 19.8 Å². The lowest BCUT2D eigenvalue weighted by atomic mass is 9.78. The van der Waals surface area contributed by atoms with Gasteiger partial charge in [-0.2, -0.15) is 0 Å². The van der Waals surface area contributed by atoms with E-state index >= 15 is 0 Å². The summed E-state index contributed by atoms with van der Waals surface area (Å²) >= 11 is 0. The van der Waals surface area contributed by atoms with Crippen LogP contribution in [0.1, 0.15) is 136 Å². The number of carbonyl (C=O) groups excluding carboxylic acids is 2. The summed E-state index contributed by atoms with van der Waals surface area (Å²) in [6, 6.07) is 8.00. The second kappa shape index (κ2) is 12.7. The van der Waals surface area contributed by atoms with E-state index in [0.29, 0.717) is 24.0 Å². The van der Waals surface area contributed by atoms with E-state index in [4.69, 9.17) is 9.47 Å². The maximum absolute atomic E-state index is 12.6. The van der Waals surface area contributed by atoms with Crippen LogP contribution in [0, 0.1) is 0 Å². The summed E-state index contributed by atoms with van der Waals surface area (Å²) in [7, 11) is 0. The third-order valence-corrected chi connectivity index (χ3v) is 7.52. The topological polar surface area (TPSA) is 93.1 Å². The summed E-state index contributed by atoms with van der Waals surface area (Å²) in [4.78, 5) is 25.3. The minimum atomic E-state index is -1.05. The van der Waals surface area contributed by atoms with Crippen LogP contribution in [0.3, 0.4) is 0 Å². The number of esters is 2. The largest absolute Gasteiger partial charge is 0.507 e. The smallest absolute Gasteiger partial charge is 0.309 e. The summed E-state index contributed by atoms with van der Waals surface area (Å²) in [6.45, 7) is 26.5. The van der Waals surface area contributed by atoms with E-state index in [0.717, 1.165) is 22.3 Å². The van der Waals surface area contributed by atoms with Crippen LogP contribution >= 0.6 is 0 Å². The highest BCUT2D eigenvalue weighted by Crippen LogP contribution is 2.39. The van der Waals surface area contributed by atoms with Gasteiger partial charge in [0.15, 0.2) is 0 Å². The number of ether oxygens (including phenoxy) is 2. The summed E-state index contributed by atoms with van der Waals surface area (Å²) in [5.74, 6) is -0.621. The predicted molar refractivity (Wildman–Crippen MR) is 169 cm³/mol. The van der Waals surface area contributed by atoms with Crippen LogP contribution < -0.4 is 0 Å². The van der Waals surface area contributed by atoms with E-state index in [1.807, 2.05) is 24.3 Å². The molecule has 2 aromatic rings. The van der Waals surface area contributed by atoms with Crippen LogP contribution in [0.2, 0.25) is 0 Å². The molecule has 0 spiro atoms. The number of phenols is 2. The second-order valence-electron chi connectivity index (χ2n) is 15.6. The number of rotatable bonds is 8. The van der Waals surface area contributed by atoms with Crippen molar-refractivity contribution in [1.29, 1.82) is 0 Å². The number of carbonyl (C=O) groups is 2. The average Bonchev–Trinajstić information content (AvgIpc) is 2.79. The summed E-state index contributed by atoms with van der Waals surface area (Å²) in [5, 5.41) is 22.0. The Kier molecular flexibility index (Phi) is 10.6. The van der Waals surface area contributed by atoms with Crippen LogP contribution in [-0.2, 0) is 53.6 Å². The molecule has 0 aliphatic rings. The number of hydrogen-bond acceptors (Lipinski definition) is 6. The summed E-state index contributed by atoms with van der Waals surface area (Å²) in [6.07, 6.45) is -0.370. The second-order valence-corrected chi connectivity index (χ2v) is 15.6. The van der Waals surface area contributed by atoms with Crippen molar-refractivity contribution in [3.8, 4) is 11.5 Å². The Labute approximate surface area is 253 Å². The SMILES string of the molecule is CC(OC(=O)CCc1cc(C(C)(C)C)cc(C(C)(C)C)c1O)OC(=O)CCc1cc(C(C)(C)C)cc(C(C)(C)C)c1O. The molecular weight excluding hydrogens is 528 g/mol. The molecule has 234 valence electrons. The highest BCUT2D eigenvalue weighted by Gasteiger charge is 2.27. The fraction of sp³-hybridized carbons (Fsp3) is 0.611. The number of phenolic OH excluding ortho intramolecular Hbond substituents is 2. The molecule has 6 heteroatoms. The summed E-state index contributed by atoms with van der Waals surface area (Å²) in [5.41, 5.74) is 4.49. The molecule has 2 rings (SSSR count). The molecule has 0 radical (unpaired) electrons. The van der Waals surface area contributed by atoms with Gasteiger partial charge < -0.3 is 19.7 Å². The lowest BCUT2D eigenvalue weighted by Gasteiger charge is -2.27. The highest BCUT2D eigenvalue weighted by atomic mass is 16.7. The molecule has 0 bridgehead atoms. The first-order valence-electron chi connectivity index (χ1n) is 15.0. The molecule has 0 saturated carbocycles. The van der Waals surface area contributed by atoms with Gasteiger partial charge in [0.25, 0.3) is 0 Å². The van der Waals surface area contributed by atoms with Crippen molar-refractivity contribution in [3.05, 3.63) is 57.6 Å². The molecule has 2 aromatic carbocycles. The van der Waals surface area contributed by atoms with E-state index in [-0.39, 0.29) is 46.0 Å². The van der Waals surface area contributed by atoms with Gasteiger partial charge in [-0.05, 0) is 67.9 Å². The molecule has 2 N–H and O–H groups in total. The van der Waals surface area contributed by atoms with E-state index < -0.39 is 18.2 Å². The van der Waals surface area contributed by atoms with Crippen molar-refractivity contribution in [2.45, 2.75) is 144 Å². The molecule has 6 nitrogen and oxygen atoms in total. The Hall–Kier alpha value is -3.02. The maximum Gasteiger partial charge on any atom is 0.309 e. The molecule has 0 saturated heterocycles. The van der Waals surface area contributed by atoms with Crippen molar-refractivity contribution < 1.29 is 29.3 Å². The first-order chi connectivity index (χ1) is 18.9. The molecule has 0 fully saturated rings. The molecular formula is C36H54O6. The van der Waals surface area contributed by atoms with Gasteiger partial charge in [0.2, 0.25) is 6.29 Å². The van der Waals surface area contributed by atoms with Crippen molar-refractivity contribution in [2.24, 2.45) is 0 Å². The molecule has 0 atom stereocenters. The van der Waals surface area contributed by atoms with Gasteiger partial charge in [-0.1, -0.05) is 107 Å². The highest BCUT2D eigenvalue weighted by molar-refractivity contribution is 5.72. The molecule has 0 unspecified atom stereocenters. The van der Waals surface area contributed by atoms with Gasteiger partial charge in [-0.3, -0.25) is 9.59 Å². The maximum atomic E-state index is 12.6. The van der Waals surface area contributed by atoms with E-state index in [2.05, 4.69) is 83.1 Å². The van der Waals surface area contributed by atoms with E-state index in [1.165, 1.54) is 6.92 Å². The van der Waals surface area contributed by atoms with Gasteiger partial charge in [0, 0.05) is 19.8 Å². The van der Waals surface area contributed by atoms with Crippen molar-refractivity contribution in [2.75, 3.05) is 0 Å². The molecule has 0 heterocycles. The normalized spacial score (nSPS) is 12.9. The molecule has 0 aliphatic carbocycles. The van der Waals surface area contributed by atoms with Crippen LogP contribution in [-0.4, -0.2) is 28.4 Å². The Bertz CT molecular complexity index is 1180. The average molecular weight is 583 g/mol. The zero-order valence-electron chi connectivity index (χ0n) is 28.2. The third-order valence-electron chi connectivity index (χ3n) is 7.52. The minimum absolute atomic E-state index is 0.0374. The Morgan fingerprint density at radius 1 is 0.595 bits per heavy atom. The quantitative estimate of drug-likeness (QED) is 0.240. The lowest BCUT2D eigenvalue weighted by molar-refractivity contribution is -0.184. The Morgan fingerprint density at radius 3 is 1.17 bits per heavy atom. The number of aromatic hydroxyl groups is 2. The standard InChI is InChI=1S/C36H54O6/c1-22(41-29(37)16-14-23-18-25(33(2,3)4)20-27(31(23)39)35(8,9)10)42-30(38)17-15-24-19-26(34(5,6)7)21-28(32(24)40)36(11,12)13/h18-22,39-40H,14-17H2,1-13H3. The molecule has 0 aromatic heterocycles. The fourth-order valence-electron chi connectivity index (χ4n) is 4.77. The monoisotopic (exact) mass is 582 g/mol. The van der Waals surface area contributed by atoms with Crippen LogP contribution in [0.4, 0.5) is 0 Å². The Morgan fingerprint density at radius 2 is 0.905 bits per heavy atom. The van der Waals surface area contributed by atoms with Crippen molar-refractivity contribution in [1.82, 2.24) is 0 Å². The molecule has 0 aliphatic heterocycles. The van der Waals surface area contributed by atoms with Gasteiger partial charge in [0.1, 0.15) is 11.5 Å². The van der Waals surface area contributed by atoms with Gasteiger partial charge in [0.05, 0.1) is 0 Å². The summed E-state index contributed by atoms with van der Waals surface area (Å²) < 4.78 is 10.7. The third kappa shape index (κ3) is 9.50. The fourth-order valence-corrected chi connectivity index (χ4v) is 4.77. The van der Waals surface area contributed by atoms with Crippen LogP contribution in [0.25, 0.3) is 0 Å². The lowest BCUT2D eigenvalue weighted by Crippen LogP contribution is -2.22. The Balaban J connectivity index is 2.05. The predicted octanol–water partition coefficient (Wildman–Crippen LogP) is 8.29.